The molecule has 0 spiro atoms. The lowest BCUT2D eigenvalue weighted by Gasteiger charge is -2.28. The number of hydrogen-bond acceptors (Lipinski definition) is 4. The Hall–Kier alpha value is -2.57. The fourth-order valence-corrected chi connectivity index (χ4v) is 4.71. The van der Waals surface area contributed by atoms with Crippen LogP contribution in [0.5, 0.6) is 5.75 Å². The van der Waals surface area contributed by atoms with Gasteiger partial charge in [0.15, 0.2) is 0 Å². The first-order valence-electron chi connectivity index (χ1n) is 9.77. The molecule has 2 aromatic rings. The lowest BCUT2D eigenvalue weighted by molar-refractivity contribution is -0.115. The van der Waals surface area contributed by atoms with Crippen LogP contribution in [-0.4, -0.2) is 43.0 Å². The number of hydrogen-bond donors (Lipinski definition) is 2. The van der Waals surface area contributed by atoms with Crippen molar-refractivity contribution < 1.29 is 14.3 Å². The average molecular weight is 414 g/mol. The second-order valence-corrected chi connectivity index (χ2v) is 8.02. The third-order valence-corrected chi connectivity index (χ3v) is 6.17. The van der Waals surface area contributed by atoms with Crippen molar-refractivity contribution >= 4 is 29.9 Å². The summed E-state index contributed by atoms with van der Waals surface area (Å²) >= 11 is 0. The lowest BCUT2D eigenvalue weighted by Crippen LogP contribution is -2.26. The zero-order valence-corrected chi connectivity index (χ0v) is 16.8. The van der Waals surface area contributed by atoms with Gasteiger partial charge in [0.25, 0.3) is 0 Å². The minimum Gasteiger partial charge on any atom is -0.493 e. The molecule has 5 rings (SSSR count). The van der Waals surface area contributed by atoms with E-state index in [9.17, 15) is 9.59 Å². The molecule has 2 aromatic carbocycles. The van der Waals surface area contributed by atoms with Crippen LogP contribution in [0.4, 0.5) is 5.69 Å². The number of nitrogens with two attached hydrogens (primary N) is 1. The van der Waals surface area contributed by atoms with Gasteiger partial charge in [-0.3, -0.25) is 9.59 Å². The molecule has 0 radical (unpaired) electrons. The van der Waals surface area contributed by atoms with Crippen LogP contribution in [0.2, 0.25) is 0 Å². The molecule has 3 heterocycles. The van der Waals surface area contributed by atoms with Gasteiger partial charge in [0.2, 0.25) is 11.8 Å². The summed E-state index contributed by atoms with van der Waals surface area (Å²) in [6.45, 7) is 3.65. The van der Waals surface area contributed by atoms with Gasteiger partial charge >= 0.3 is 0 Å². The molecule has 0 aliphatic carbocycles. The number of benzene rings is 2. The maximum atomic E-state index is 11.5. The molecule has 152 valence electrons. The molecule has 2 atom stereocenters. The molecule has 0 saturated carbocycles. The molecular formula is C22H24ClN3O3. The van der Waals surface area contributed by atoms with E-state index in [0.717, 1.165) is 55.2 Å². The Morgan fingerprint density at radius 3 is 2.90 bits per heavy atom. The second kappa shape index (κ2) is 7.69. The molecule has 0 unspecified atom stereocenters. The monoisotopic (exact) mass is 413 g/mol. The van der Waals surface area contributed by atoms with Crippen molar-refractivity contribution in [3.8, 4) is 5.75 Å². The van der Waals surface area contributed by atoms with Crippen molar-refractivity contribution in [1.29, 1.82) is 0 Å². The number of halogens is 1. The van der Waals surface area contributed by atoms with Gasteiger partial charge in [0.1, 0.15) is 5.75 Å². The molecule has 3 aliphatic heterocycles. The number of rotatable bonds is 4. The van der Waals surface area contributed by atoms with Crippen molar-refractivity contribution in [2.45, 2.75) is 18.8 Å². The summed E-state index contributed by atoms with van der Waals surface area (Å²) in [4.78, 5) is 25.6. The first-order valence-corrected chi connectivity index (χ1v) is 9.77. The van der Waals surface area contributed by atoms with Crippen molar-refractivity contribution in [2.24, 2.45) is 11.7 Å². The molecule has 6 nitrogen and oxygen atoms in total. The highest BCUT2D eigenvalue weighted by Crippen LogP contribution is 2.42. The molecule has 2 amide bonds. The normalized spacial score (nSPS) is 22.0. The van der Waals surface area contributed by atoms with E-state index in [0.29, 0.717) is 23.8 Å². The highest BCUT2D eigenvalue weighted by molar-refractivity contribution is 5.99. The molecule has 0 bridgehead atoms. The summed E-state index contributed by atoms with van der Waals surface area (Å²) in [5.74, 6) is 1.38. The maximum Gasteiger partial charge on any atom is 0.248 e. The number of nitrogens with one attached hydrogen (secondary N) is 1. The first kappa shape index (κ1) is 19.7. The van der Waals surface area contributed by atoms with Gasteiger partial charge in [-0.25, -0.2) is 0 Å². The van der Waals surface area contributed by atoms with E-state index in [1.165, 1.54) is 5.56 Å². The van der Waals surface area contributed by atoms with E-state index in [4.69, 9.17) is 10.5 Å². The van der Waals surface area contributed by atoms with Gasteiger partial charge < -0.3 is 20.7 Å². The fraction of sp³-hybridized carbons (Fsp3) is 0.364. The molecular weight excluding hydrogens is 390 g/mol. The standard InChI is InChI=1S/C22H23N3O3.ClH/c23-22(27)14-2-4-20-17(8-14)18-11-25(10-16(18)12-28-20)6-5-13-1-3-19-15(7-13)9-21(26)24-19;/h1-4,7-8,16,18H,5-6,9-12H2,(H2,23,27)(H,24,26);1H/t16-,18+;/m0./s1. The van der Waals surface area contributed by atoms with Crippen LogP contribution in [0.25, 0.3) is 0 Å². The number of anilines is 1. The Morgan fingerprint density at radius 1 is 1.21 bits per heavy atom. The summed E-state index contributed by atoms with van der Waals surface area (Å²) in [7, 11) is 0. The summed E-state index contributed by atoms with van der Waals surface area (Å²) in [6, 6.07) is 11.8. The summed E-state index contributed by atoms with van der Waals surface area (Å²) in [5, 5.41) is 2.88. The summed E-state index contributed by atoms with van der Waals surface area (Å²) in [6.07, 6.45) is 1.43. The SMILES string of the molecule is Cl.NC(=O)c1ccc2c(c1)[C@@H]1CN(CCc3ccc4c(c3)CC(=O)N4)C[C@H]1CO2. The van der Waals surface area contributed by atoms with E-state index in [1.54, 1.807) is 6.07 Å². The highest BCUT2D eigenvalue weighted by atomic mass is 35.5. The van der Waals surface area contributed by atoms with Crippen LogP contribution in [0.3, 0.4) is 0 Å². The highest BCUT2D eigenvalue weighted by Gasteiger charge is 2.38. The quantitative estimate of drug-likeness (QED) is 0.805. The third-order valence-electron chi connectivity index (χ3n) is 6.17. The van der Waals surface area contributed by atoms with Crippen molar-refractivity contribution in [3.05, 3.63) is 58.7 Å². The van der Waals surface area contributed by atoms with Crippen LogP contribution in [0.15, 0.2) is 36.4 Å². The van der Waals surface area contributed by atoms with Crippen LogP contribution in [0, 0.1) is 5.92 Å². The first-order chi connectivity index (χ1) is 13.6. The number of carbonyl (C=O) groups is 2. The van der Waals surface area contributed by atoms with E-state index < -0.39 is 5.91 Å². The number of ether oxygens (including phenoxy) is 1. The summed E-state index contributed by atoms with van der Waals surface area (Å²) in [5.41, 5.74) is 10.4. The van der Waals surface area contributed by atoms with E-state index >= 15 is 0 Å². The zero-order chi connectivity index (χ0) is 19.3. The largest absolute Gasteiger partial charge is 0.493 e. The predicted molar refractivity (Wildman–Crippen MR) is 113 cm³/mol. The molecule has 7 heteroatoms. The minimum atomic E-state index is -0.399. The Kier molecular flexibility index (Phi) is 5.23. The van der Waals surface area contributed by atoms with E-state index in [1.807, 2.05) is 18.2 Å². The predicted octanol–water partition coefficient (Wildman–Crippen LogP) is 2.35. The smallest absolute Gasteiger partial charge is 0.248 e. The molecule has 29 heavy (non-hydrogen) atoms. The summed E-state index contributed by atoms with van der Waals surface area (Å²) < 4.78 is 5.93. The molecule has 1 saturated heterocycles. The van der Waals surface area contributed by atoms with Gasteiger partial charge in [-0.1, -0.05) is 12.1 Å². The van der Waals surface area contributed by atoms with Gasteiger partial charge in [-0.15, -0.1) is 12.4 Å². The number of likely N-dealkylation sites (tertiary alicyclic amines) is 1. The molecule has 3 aliphatic rings. The minimum absolute atomic E-state index is 0. The third kappa shape index (κ3) is 3.70. The van der Waals surface area contributed by atoms with E-state index in [2.05, 4.69) is 22.3 Å². The lowest BCUT2D eigenvalue weighted by atomic mass is 9.86. The number of fused-ring (bicyclic) bond motifs is 4. The van der Waals surface area contributed by atoms with Crippen molar-refractivity contribution in [1.82, 2.24) is 4.90 Å². The molecule has 1 fully saturated rings. The zero-order valence-electron chi connectivity index (χ0n) is 16.0. The average Bonchev–Trinajstić information content (AvgIpc) is 3.27. The van der Waals surface area contributed by atoms with Crippen LogP contribution < -0.4 is 15.8 Å². The van der Waals surface area contributed by atoms with E-state index in [-0.39, 0.29) is 18.3 Å². The van der Waals surface area contributed by atoms with Crippen LogP contribution >= 0.6 is 12.4 Å². The Balaban J connectivity index is 0.00000205. The van der Waals surface area contributed by atoms with Gasteiger partial charge in [0.05, 0.1) is 13.0 Å². The molecule has 3 N–H and O–H groups in total. The number of nitrogens with zero attached hydrogens (tertiary/aromatic N) is 1. The number of amides is 2. The second-order valence-electron chi connectivity index (χ2n) is 8.02. The fourth-order valence-electron chi connectivity index (χ4n) is 4.71. The molecule has 0 aromatic heterocycles. The Morgan fingerprint density at radius 2 is 2.07 bits per heavy atom. The Bertz CT molecular complexity index is 978. The van der Waals surface area contributed by atoms with Gasteiger partial charge in [-0.2, -0.15) is 0 Å². The van der Waals surface area contributed by atoms with Crippen molar-refractivity contribution in [3.63, 3.8) is 0 Å². The van der Waals surface area contributed by atoms with Gasteiger partial charge in [-0.05, 0) is 47.4 Å². The maximum absolute atomic E-state index is 11.5. The van der Waals surface area contributed by atoms with Crippen LogP contribution in [-0.2, 0) is 17.6 Å². The van der Waals surface area contributed by atoms with Crippen molar-refractivity contribution in [2.75, 3.05) is 31.6 Å². The Labute approximate surface area is 175 Å². The topological polar surface area (TPSA) is 84.7 Å². The number of primary amides is 1. The van der Waals surface area contributed by atoms with Gasteiger partial charge in [0, 0.05) is 42.7 Å². The number of carbonyl (C=O) groups excluding carboxylic acids is 2. The van der Waals surface area contributed by atoms with Crippen LogP contribution in [0.1, 0.15) is 33.0 Å².